The van der Waals surface area contributed by atoms with E-state index in [9.17, 15) is 4.79 Å². The summed E-state index contributed by atoms with van der Waals surface area (Å²) in [5.74, 6) is 1.09. The van der Waals surface area contributed by atoms with Gasteiger partial charge in [-0.25, -0.2) is 0 Å². The number of benzene rings is 2. The van der Waals surface area contributed by atoms with Crippen LogP contribution in [0.15, 0.2) is 47.6 Å². The molecule has 0 spiro atoms. The summed E-state index contributed by atoms with van der Waals surface area (Å²) in [6.45, 7) is 6.94. The van der Waals surface area contributed by atoms with Crippen molar-refractivity contribution in [2.75, 3.05) is 25.1 Å². The number of amides is 1. The Morgan fingerprint density at radius 1 is 1.11 bits per heavy atom. The molecule has 0 aliphatic carbocycles. The molecule has 0 radical (unpaired) electrons. The smallest absolute Gasteiger partial charge is 0.265 e. The molecule has 144 valence electrons. The van der Waals surface area contributed by atoms with Crippen molar-refractivity contribution in [1.82, 2.24) is 0 Å². The molecule has 27 heavy (non-hydrogen) atoms. The number of aryl methyl sites for hydroxylation is 1. The second kappa shape index (κ2) is 10.9. The van der Waals surface area contributed by atoms with Crippen LogP contribution in [0.5, 0.6) is 11.5 Å². The zero-order valence-corrected chi connectivity index (χ0v) is 16.0. The van der Waals surface area contributed by atoms with E-state index in [0.29, 0.717) is 24.7 Å². The van der Waals surface area contributed by atoms with Crippen molar-refractivity contribution < 1.29 is 19.1 Å². The van der Waals surface area contributed by atoms with E-state index in [2.05, 4.69) is 10.5 Å². The highest BCUT2D eigenvalue weighted by Gasteiger charge is 2.06. The number of nitrogens with zero attached hydrogens (tertiary/aromatic N) is 1. The van der Waals surface area contributed by atoms with Crippen LogP contribution in [0, 0.1) is 6.92 Å². The molecule has 0 fully saturated rings. The second-order valence-electron chi connectivity index (χ2n) is 5.91. The molecule has 1 N–H and O–H groups in total. The predicted molar refractivity (Wildman–Crippen MR) is 107 cm³/mol. The SMILES string of the molecule is CCCOc1ccc(C=NOCC(=O)Nc2cccc(C)c2)cc1OCC. The van der Waals surface area contributed by atoms with Crippen molar-refractivity contribution in [3.05, 3.63) is 53.6 Å². The van der Waals surface area contributed by atoms with Crippen LogP contribution in [0.1, 0.15) is 31.4 Å². The quantitative estimate of drug-likeness (QED) is 0.503. The van der Waals surface area contributed by atoms with Gasteiger partial charge in [0.2, 0.25) is 0 Å². The summed E-state index contributed by atoms with van der Waals surface area (Å²) >= 11 is 0. The van der Waals surface area contributed by atoms with Crippen LogP contribution in [0.3, 0.4) is 0 Å². The highest BCUT2D eigenvalue weighted by molar-refractivity contribution is 5.91. The fraction of sp³-hybridized carbons (Fsp3) is 0.333. The van der Waals surface area contributed by atoms with Gasteiger partial charge in [-0.1, -0.05) is 24.2 Å². The number of ether oxygens (including phenoxy) is 2. The molecule has 0 atom stereocenters. The number of carbonyl (C=O) groups is 1. The Bertz CT molecular complexity index is 775. The number of anilines is 1. The predicted octanol–water partition coefficient (Wildman–Crippen LogP) is 4.17. The molecule has 2 aromatic carbocycles. The molecular formula is C21H26N2O4. The average molecular weight is 370 g/mol. The Kier molecular flexibility index (Phi) is 8.16. The van der Waals surface area contributed by atoms with Crippen LogP contribution >= 0.6 is 0 Å². The third-order valence-electron chi connectivity index (χ3n) is 3.50. The largest absolute Gasteiger partial charge is 0.490 e. The van der Waals surface area contributed by atoms with Crippen LogP contribution in [-0.2, 0) is 9.63 Å². The van der Waals surface area contributed by atoms with E-state index in [0.717, 1.165) is 23.2 Å². The monoisotopic (exact) mass is 370 g/mol. The Labute approximate surface area is 160 Å². The molecule has 0 bridgehead atoms. The number of hydrogen-bond acceptors (Lipinski definition) is 5. The average Bonchev–Trinajstić information content (AvgIpc) is 2.65. The second-order valence-corrected chi connectivity index (χ2v) is 5.91. The fourth-order valence-electron chi connectivity index (χ4n) is 2.32. The number of hydrogen-bond donors (Lipinski definition) is 1. The molecule has 0 saturated heterocycles. The van der Waals surface area contributed by atoms with E-state index >= 15 is 0 Å². The molecule has 0 aromatic heterocycles. The van der Waals surface area contributed by atoms with Crippen molar-refractivity contribution >= 4 is 17.8 Å². The Morgan fingerprint density at radius 3 is 2.70 bits per heavy atom. The van der Waals surface area contributed by atoms with E-state index in [1.165, 1.54) is 6.21 Å². The molecule has 1 amide bonds. The maximum absolute atomic E-state index is 11.9. The van der Waals surface area contributed by atoms with E-state index < -0.39 is 0 Å². The van der Waals surface area contributed by atoms with Crippen molar-refractivity contribution in [3.63, 3.8) is 0 Å². The minimum atomic E-state index is -0.268. The molecule has 6 nitrogen and oxygen atoms in total. The Morgan fingerprint density at radius 2 is 1.96 bits per heavy atom. The normalized spacial score (nSPS) is 10.6. The molecule has 0 aliphatic heterocycles. The number of oxime groups is 1. The third-order valence-corrected chi connectivity index (χ3v) is 3.50. The minimum Gasteiger partial charge on any atom is -0.490 e. The van der Waals surface area contributed by atoms with Crippen LogP contribution in [-0.4, -0.2) is 31.9 Å². The zero-order valence-electron chi connectivity index (χ0n) is 16.0. The molecular weight excluding hydrogens is 344 g/mol. The van der Waals surface area contributed by atoms with Gasteiger partial charge in [-0.2, -0.15) is 0 Å². The molecule has 2 aromatic rings. The Hall–Kier alpha value is -3.02. The zero-order chi connectivity index (χ0) is 19.5. The number of carbonyl (C=O) groups excluding carboxylic acids is 1. The van der Waals surface area contributed by atoms with Gasteiger partial charge in [0, 0.05) is 11.3 Å². The van der Waals surface area contributed by atoms with Gasteiger partial charge in [0.15, 0.2) is 18.1 Å². The van der Waals surface area contributed by atoms with E-state index in [1.807, 2.05) is 63.2 Å². The van der Waals surface area contributed by atoms with E-state index in [4.69, 9.17) is 14.3 Å². The number of rotatable bonds is 10. The molecule has 6 heteroatoms. The first kappa shape index (κ1) is 20.3. The van der Waals surface area contributed by atoms with Crippen LogP contribution in [0.2, 0.25) is 0 Å². The highest BCUT2D eigenvalue weighted by atomic mass is 16.6. The van der Waals surface area contributed by atoms with Gasteiger partial charge in [-0.05, 0) is 56.2 Å². The van der Waals surface area contributed by atoms with Gasteiger partial charge in [0.1, 0.15) is 0 Å². The Balaban J connectivity index is 1.87. The van der Waals surface area contributed by atoms with E-state index in [-0.39, 0.29) is 12.5 Å². The summed E-state index contributed by atoms with van der Waals surface area (Å²) in [5, 5.41) is 6.61. The van der Waals surface area contributed by atoms with Crippen LogP contribution in [0.25, 0.3) is 0 Å². The van der Waals surface area contributed by atoms with Gasteiger partial charge in [0.25, 0.3) is 5.91 Å². The maximum atomic E-state index is 11.9. The van der Waals surface area contributed by atoms with Crippen LogP contribution in [0.4, 0.5) is 5.69 Å². The lowest BCUT2D eigenvalue weighted by atomic mass is 10.2. The first-order valence-electron chi connectivity index (χ1n) is 9.04. The summed E-state index contributed by atoms with van der Waals surface area (Å²) < 4.78 is 11.3. The van der Waals surface area contributed by atoms with Crippen molar-refractivity contribution in [2.45, 2.75) is 27.2 Å². The van der Waals surface area contributed by atoms with Crippen molar-refractivity contribution in [2.24, 2.45) is 5.16 Å². The summed E-state index contributed by atoms with van der Waals surface area (Å²) in [6.07, 6.45) is 2.46. The molecule has 0 heterocycles. The van der Waals surface area contributed by atoms with E-state index in [1.54, 1.807) is 0 Å². The van der Waals surface area contributed by atoms with Gasteiger partial charge < -0.3 is 19.6 Å². The third kappa shape index (κ3) is 7.01. The summed E-state index contributed by atoms with van der Waals surface area (Å²) in [6, 6.07) is 13.1. The van der Waals surface area contributed by atoms with Gasteiger partial charge >= 0.3 is 0 Å². The van der Waals surface area contributed by atoms with Crippen LogP contribution < -0.4 is 14.8 Å². The topological polar surface area (TPSA) is 69.2 Å². The maximum Gasteiger partial charge on any atom is 0.265 e. The molecule has 0 saturated carbocycles. The molecule has 0 unspecified atom stereocenters. The lowest BCUT2D eigenvalue weighted by Gasteiger charge is -2.11. The standard InChI is InChI=1S/C21H26N2O4/c1-4-11-26-19-10-9-17(13-20(19)25-5-2)14-22-27-15-21(24)23-18-8-6-7-16(3)12-18/h6-10,12-14H,4-5,11,15H2,1-3H3,(H,23,24). The summed E-state index contributed by atoms with van der Waals surface area (Å²) in [5.41, 5.74) is 2.60. The summed E-state index contributed by atoms with van der Waals surface area (Å²) in [7, 11) is 0. The minimum absolute atomic E-state index is 0.166. The number of nitrogens with one attached hydrogen (secondary N) is 1. The molecule has 0 aliphatic rings. The summed E-state index contributed by atoms with van der Waals surface area (Å²) in [4.78, 5) is 17.0. The fourth-order valence-corrected chi connectivity index (χ4v) is 2.32. The van der Waals surface area contributed by atoms with Gasteiger partial charge in [-0.3, -0.25) is 4.79 Å². The van der Waals surface area contributed by atoms with Crippen molar-refractivity contribution in [3.8, 4) is 11.5 Å². The van der Waals surface area contributed by atoms with Crippen molar-refractivity contribution in [1.29, 1.82) is 0 Å². The first-order chi connectivity index (χ1) is 13.1. The molecule has 2 rings (SSSR count). The lowest BCUT2D eigenvalue weighted by molar-refractivity contribution is -0.120. The first-order valence-corrected chi connectivity index (χ1v) is 9.04. The van der Waals surface area contributed by atoms with Gasteiger partial charge in [0.05, 0.1) is 19.4 Å². The lowest BCUT2D eigenvalue weighted by Crippen LogP contribution is -2.16. The van der Waals surface area contributed by atoms with Gasteiger partial charge in [-0.15, -0.1) is 0 Å². The highest BCUT2D eigenvalue weighted by Crippen LogP contribution is 2.28.